The first-order chi connectivity index (χ1) is 6.65. The Morgan fingerprint density at radius 1 is 1.50 bits per heavy atom. The summed E-state index contributed by atoms with van der Waals surface area (Å²) in [5.41, 5.74) is 0. The van der Waals surface area contributed by atoms with E-state index in [2.05, 4.69) is 16.1 Å². The number of rotatable bonds is 2. The molecule has 1 fully saturated rings. The van der Waals surface area contributed by atoms with Crippen molar-refractivity contribution in [2.75, 3.05) is 6.54 Å². The van der Waals surface area contributed by atoms with Crippen molar-refractivity contribution in [2.45, 2.75) is 12.8 Å². The lowest BCUT2D eigenvalue weighted by Gasteiger charge is -2.11. The van der Waals surface area contributed by atoms with Crippen LogP contribution >= 0.6 is 0 Å². The van der Waals surface area contributed by atoms with Crippen molar-refractivity contribution in [3.8, 4) is 12.3 Å². The van der Waals surface area contributed by atoms with E-state index in [-0.39, 0.29) is 19.4 Å². The van der Waals surface area contributed by atoms with Crippen LogP contribution in [0.25, 0.3) is 0 Å². The second kappa shape index (κ2) is 4.28. The van der Waals surface area contributed by atoms with Gasteiger partial charge < -0.3 is 10.2 Å². The molecule has 1 N–H and O–H groups in total. The topological polar surface area (TPSA) is 75.7 Å². The molecule has 6 nitrogen and oxygen atoms in total. The number of hydrogen-bond donors (Lipinski definition) is 1. The Balaban J connectivity index is 2.44. The Bertz CT molecular complexity index is 302. The fourth-order valence-corrected chi connectivity index (χ4v) is 0.896. The number of hydroxylamine groups is 2. The predicted molar refractivity (Wildman–Crippen MR) is 44.4 cm³/mol. The molecule has 0 aliphatic carbocycles. The van der Waals surface area contributed by atoms with Gasteiger partial charge in [-0.05, 0) is 0 Å². The second-order valence-corrected chi connectivity index (χ2v) is 2.52. The lowest BCUT2D eigenvalue weighted by atomic mass is 10.4. The third kappa shape index (κ3) is 2.23. The van der Waals surface area contributed by atoms with Crippen LogP contribution in [0.1, 0.15) is 12.8 Å². The highest BCUT2D eigenvalue weighted by Crippen LogP contribution is 2.11. The molecule has 0 aromatic carbocycles. The maximum atomic E-state index is 11.0. The van der Waals surface area contributed by atoms with Crippen LogP contribution in [0.15, 0.2) is 0 Å². The minimum absolute atomic E-state index is 0.0188. The summed E-state index contributed by atoms with van der Waals surface area (Å²) in [6.45, 7) is -0.0188. The highest BCUT2D eigenvalue weighted by molar-refractivity contribution is 6.01. The maximum absolute atomic E-state index is 11.0. The molecule has 3 amide bonds. The molecule has 0 radical (unpaired) electrons. The second-order valence-electron chi connectivity index (χ2n) is 2.52. The Kier molecular flexibility index (Phi) is 3.07. The lowest BCUT2D eigenvalue weighted by Crippen LogP contribution is -2.37. The molecule has 0 bridgehead atoms. The summed E-state index contributed by atoms with van der Waals surface area (Å²) < 4.78 is 0. The van der Waals surface area contributed by atoms with E-state index < -0.39 is 17.9 Å². The van der Waals surface area contributed by atoms with E-state index in [1.54, 1.807) is 0 Å². The highest BCUT2D eigenvalue weighted by atomic mass is 16.7. The smallest absolute Gasteiger partial charge is 0.311 e. The van der Waals surface area contributed by atoms with Gasteiger partial charge in [0.25, 0.3) is 11.8 Å². The Hall–Kier alpha value is -2.03. The van der Waals surface area contributed by atoms with Crippen molar-refractivity contribution < 1.29 is 19.2 Å². The minimum Gasteiger partial charge on any atom is -0.311 e. The molecule has 1 rings (SSSR count). The van der Waals surface area contributed by atoms with Crippen molar-refractivity contribution in [1.29, 1.82) is 0 Å². The van der Waals surface area contributed by atoms with E-state index in [0.717, 1.165) is 0 Å². The number of nitrogens with zero attached hydrogens (tertiary/aromatic N) is 1. The van der Waals surface area contributed by atoms with Gasteiger partial charge in [-0.15, -0.1) is 11.5 Å². The van der Waals surface area contributed by atoms with Crippen molar-refractivity contribution in [1.82, 2.24) is 10.4 Å². The van der Waals surface area contributed by atoms with Gasteiger partial charge in [0.1, 0.15) is 0 Å². The van der Waals surface area contributed by atoms with Crippen LogP contribution in [0.3, 0.4) is 0 Å². The molecule has 1 aliphatic heterocycles. The summed E-state index contributed by atoms with van der Waals surface area (Å²) in [7, 11) is 0. The fraction of sp³-hybridized carbons (Fsp3) is 0.375. The van der Waals surface area contributed by atoms with Crippen molar-refractivity contribution >= 4 is 17.9 Å². The first-order valence-electron chi connectivity index (χ1n) is 3.90. The van der Waals surface area contributed by atoms with Gasteiger partial charge in [-0.1, -0.05) is 5.92 Å². The first-order valence-corrected chi connectivity index (χ1v) is 3.90. The highest BCUT2D eigenvalue weighted by Gasteiger charge is 2.32. The first kappa shape index (κ1) is 10.1. The molecule has 14 heavy (non-hydrogen) atoms. The molecule has 0 aromatic heterocycles. The van der Waals surface area contributed by atoms with Crippen LogP contribution in [-0.2, 0) is 14.4 Å². The van der Waals surface area contributed by atoms with E-state index in [1.165, 1.54) is 0 Å². The third-order valence-electron chi connectivity index (χ3n) is 1.51. The average Bonchev–Trinajstić information content (AvgIpc) is 2.46. The third-order valence-corrected chi connectivity index (χ3v) is 1.51. The molecule has 6 heteroatoms. The molecular weight excluding hydrogens is 188 g/mol. The molecule has 74 valence electrons. The van der Waals surface area contributed by atoms with Gasteiger partial charge in [0, 0.05) is 12.8 Å². The minimum atomic E-state index is -0.911. The largest absolute Gasteiger partial charge is 0.432 e. The van der Waals surface area contributed by atoms with Crippen molar-refractivity contribution in [3.05, 3.63) is 0 Å². The van der Waals surface area contributed by atoms with Gasteiger partial charge in [-0.2, -0.15) is 0 Å². The average molecular weight is 196 g/mol. The van der Waals surface area contributed by atoms with E-state index >= 15 is 0 Å². The zero-order valence-corrected chi connectivity index (χ0v) is 7.28. The number of carbonyl (C=O) groups excluding carboxylic acids is 3. The van der Waals surface area contributed by atoms with E-state index in [9.17, 15) is 14.4 Å². The number of carbonyl (C=O) groups is 3. The molecular formula is C8H8N2O4. The number of hydrogen-bond acceptors (Lipinski definition) is 4. The van der Waals surface area contributed by atoms with Crippen molar-refractivity contribution in [3.63, 3.8) is 0 Å². The zero-order valence-electron chi connectivity index (χ0n) is 7.28. The number of nitrogens with one attached hydrogen (secondary N) is 1. The SMILES string of the molecule is C#CCNC(=O)ON1C(=O)CCC1=O. The summed E-state index contributed by atoms with van der Waals surface area (Å²) in [5, 5.41) is 2.61. The molecule has 1 saturated heterocycles. The summed E-state index contributed by atoms with van der Waals surface area (Å²) in [6.07, 6.45) is 4.10. The standard InChI is InChI=1S/C8H8N2O4/c1-2-5-9-8(13)14-10-6(11)3-4-7(10)12/h1H,3-5H2,(H,9,13). The van der Waals surface area contributed by atoms with Crippen LogP contribution < -0.4 is 5.32 Å². The van der Waals surface area contributed by atoms with Gasteiger partial charge >= 0.3 is 6.09 Å². The molecule has 1 heterocycles. The van der Waals surface area contributed by atoms with Crippen LogP contribution in [0.4, 0.5) is 4.79 Å². The van der Waals surface area contributed by atoms with E-state index in [0.29, 0.717) is 5.06 Å². The van der Waals surface area contributed by atoms with Crippen LogP contribution in [0.2, 0.25) is 0 Å². The molecule has 1 aliphatic rings. The Morgan fingerprint density at radius 3 is 2.57 bits per heavy atom. The van der Waals surface area contributed by atoms with Gasteiger partial charge in [0.15, 0.2) is 0 Å². The molecule has 0 aromatic rings. The van der Waals surface area contributed by atoms with Gasteiger partial charge in [0.05, 0.1) is 6.54 Å². The number of terminal acetylenes is 1. The Morgan fingerprint density at radius 2 is 2.07 bits per heavy atom. The van der Waals surface area contributed by atoms with Crippen molar-refractivity contribution in [2.24, 2.45) is 0 Å². The van der Waals surface area contributed by atoms with Gasteiger partial charge in [0.2, 0.25) is 0 Å². The number of amides is 3. The summed E-state index contributed by atoms with van der Waals surface area (Å²) in [4.78, 5) is 37.2. The maximum Gasteiger partial charge on any atom is 0.432 e. The molecule has 0 unspecified atom stereocenters. The lowest BCUT2D eigenvalue weighted by molar-refractivity contribution is -0.171. The molecule has 0 spiro atoms. The normalized spacial score (nSPS) is 15.2. The predicted octanol–water partition coefficient (Wildman–Crippen LogP) is -0.590. The summed E-state index contributed by atoms with van der Waals surface area (Å²) >= 11 is 0. The van der Waals surface area contributed by atoms with Crippen LogP contribution in [0, 0.1) is 12.3 Å². The molecule has 0 saturated carbocycles. The Labute approximate surface area is 80.1 Å². The fourth-order valence-electron chi connectivity index (χ4n) is 0.896. The molecule has 0 atom stereocenters. The van der Waals surface area contributed by atoms with Gasteiger partial charge in [-0.3, -0.25) is 9.59 Å². The summed E-state index contributed by atoms with van der Waals surface area (Å²) in [6, 6.07) is 0. The van der Waals surface area contributed by atoms with Crippen LogP contribution in [-0.4, -0.2) is 29.5 Å². The number of imide groups is 1. The summed E-state index contributed by atoms with van der Waals surface area (Å²) in [5.74, 6) is 1.10. The quantitative estimate of drug-likeness (QED) is 0.473. The van der Waals surface area contributed by atoms with E-state index in [1.807, 2.05) is 0 Å². The van der Waals surface area contributed by atoms with Gasteiger partial charge in [-0.25, -0.2) is 4.79 Å². The zero-order chi connectivity index (χ0) is 10.6. The van der Waals surface area contributed by atoms with E-state index in [4.69, 9.17) is 6.42 Å². The monoisotopic (exact) mass is 196 g/mol. The van der Waals surface area contributed by atoms with Crippen LogP contribution in [0.5, 0.6) is 0 Å².